The van der Waals surface area contributed by atoms with Gasteiger partial charge in [0.25, 0.3) is 5.91 Å². The van der Waals surface area contributed by atoms with Gasteiger partial charge in [-0.25, -0.2) is 0 Å². The fraction of sp³-hybridized carbons (Fsp3) is 0.550. The third-order valence-electron chi connectivity index (χ3n) is 5.15. The third kappa shape index (κ3) is 4.30. The molecule has 0 spiro atoms. The van der Waals surface area contributed by atoms with Gasteiger partial charge in [-0.05, 0) is 45.8 Å². The summed E-state index contributed by atoms with van der Waals surface area (Å²) in [5.41, 5.74) is 1.51. The predicted octanol–water partition coefficient (Wildman–Crippen LogP) is 1.20. The molecule has 0 aliphatic carbocycles. The molecule has 1 aromatic rings. The van der Waals surface area contributed by atoms with Crippen LogP contribution < -0.4 is 15.5 Å². The zero-order valence-corrected chi connectivity index (χ0v) is 16.0. The van der Waals surface area contributed by atoms with Gasteiger partial charge in [0.05, 0.1) is 0 Å². The summed E-state index contributed by atoms with van der Waals surface area (Å²) in [7, 11) is 0. The van der Waals surface area contributed by atoms with E-state index >= 15 is 0 Å². The average molecular weight is 372 g/mol. The molecule has 0 radical (unpaired) electrons. The van der Waals surface area contributed by atoms with Crippen molar-refractivity contribution in [3.05, 3.63) is 29.8 Å². The highest BCUT2D eigenvalue weighted by molar-refractivity contribution is 6.35. The number of anilines is 1. The van der Waals surface area contributed by atoms with Crippen molar-refractivity contribution in [2.45, 2.75) is 45.2 Å². The second-order valence-corrected chi connectivity index (χ2v) is 7.43. The Morgan fingerprint density at radius 2 is 1.81 bits per heavy atom. The van der Waals surface area contributed by atoms with Gasteiger partial charge in [0.1, 0.15) is 6.04 Å². The first-order valence-electron chi connectivity index (χ1n) is 9.72. The molecule has 1 saturated heterocycles. The molecule has 7 heteroatoms. The molecule has 0 bridgehead atoms. The lowest BCUT2D eigenvalue weighted by Crippen LogP contribution is -2.47. The molecule has 2 N–H and O–H groups in total. The van der Waals surface area contributed by atoms with Crippen LogP contribution in [0.3, 0.4) is 0 Å². The highest BCUT2D eigenvalue weighted by atomic mass is 16.2. The molecule has 146 valence electrons. The number of fused-ring (bicyclic) bond motifs is 1. The summed E-state index contributed by atoms with van der Waals surface area (Å²) in [6, 6.07) is 6.52. The van der Waals surface area contributed by atoms with E-state index in [0.717, 1.165) is 30.9 Å². The molecule has 7 nitrogen and oxygen atoms in total. The van der Waals surface area contributed by atoms with Crippen molar-refractivity contribution in [1.82, 2.24) is 15.5 Å². The van der Waals surface area contributed by atoms with Gasteiger partial charge in [-0.15, -0.1) is 0 Å². The Hall–Kier alpha value is -2.41. The Morgan fingerprint density at radius 1 is 1.11 bits per heavy atom. The van der Waals surface area contributed by atoms with E-state index in [2.05, 4.69) is 15.5 Å². The molecular weight excluding hydrogens is 344 g/mol. The number of para-hydroxylation sites is 1. The lowest BCUT2D eigenvalue weighted by Gasteiger charge is -2.26. The molecule has 0 saturated carbocycles. The Labute approximate surface area is 160 Å². The molecule has 0 aromatic heterocycles. The van der Waals surface area contributed by atoms with Crippen molar-refractivity contribution in [1.29, 1.82) is 0 Å². The second-order valence-electron chi connectivity index (χ2n) is 7.43. The lowest BCUT2D eigenvalue weighted by atomic mass is 10.1. The van der Waals surface area contributed by atoms with Gasteiger partial charge in [0.2, 0.25) is 0 Å². The normalized spacial score (nSPS) is 19.9. The number of hydrogen-bond donors (Lipinski definition) is 2. The van der Waals surface area contributed by atoms with E-state index in [1.165, 1.54) is 19.3 Å². The van der Waals surface area contributed by atoms with Crippen molar-refractivity contribution in [2.75, 3.05) is 31.1 Å². The van der Waals surface area contributed by atoms with Crippen LogP contribution in [0.4, 0.5) is 5.69 Å². The monoisotopic (exact) mass is 372 g/mol. The van der Waals surface area contributed by atoms with Crippen LogP contribution in [0.5, 0.6) is 0 Å². The lowest BCUT2D eigenvalue weighted by molar-refractivity contribution is -0.140. The molecule has 2 aliphatic heterocycles. The topological polar surface area (TPSA) is 81.8 Å². The first-order valence-corrected chi connectivity index (χ1v) is 9.72. The smallest absolute Gasteiger partial charge is 0.310 e. The number of carbonyl (C=O) groups excluding carboxylic acids is 3. The van der Waals surface area contributed by atoms with Crippen molar-refractivity contribution >= 4 is 23.4 Å². The number of likely N-dealkylation sites (tertiary alicyclic amines) is 1. The molecule has 27 heavy (non-hydrogen) atoms. The number of carbonyl (C=O) groups is 3. The van der Waals surface area contributed by atoms with Gasteiger partial charge >= 0.3 is 11.8 Å². The number of benzene rings is 1. The zero-order chi connectivity index (χ0) is 19.4. The first-order chi connectivity index (χ1) is 13.0. The standard InChI is InChI=1S/C20H28N4O3/c1-14(2)24-16-9-5-4-8-15(16)17(20(24)27)22-19(26)18(25)21-10-13-23-11-6-3-7-12-23/h4-5,8-9,14,17H,3,6-7,10-13H2,1-2H3,(H,21,25)(H,22,26). The number of nitrogens with one attached hydrogen (secondary N) is 2. The largest absolute Gasteiger partial charge is 0.347 e. The summed E-state index contributed by atoms with van der Waals surface area (Å²) in [6.07, 6.45) is 3.63. The molecular formula is C20H28N4O3. The molecule has 1 atom stereocenters. The van der Waals surface area contributed by atoms with Crippen LogP contribution in [0.1, 0.15) is 44.7 Å². The van der Waals surface area contributed by atoms with Crippen LogP contribution >= 0.6 is 0 Å². The average Bonchev–Trinajstić information content (AvgIpc) is 2.94. The Balaban J connectivity index is 1.56. The van der Waals surface area contributed by atoms with E-state index in [1.807, 2.05) is 38.1 Å². The maximum atomic E-state index is 12.8. The van der Waals surface area contributed by atoms with Crippen LogP contribution in [0.2, 0.25) is 0 Å². The van der Waals surface area contributed by atoms with E-state index < -0.39 is 17.9 Å². The van der Waals surface area contributed by atoms with E-state index in [9.17, 15) is 14.4 Å². The number of piperidine rings is 1. The maximum absolute atomic E-state index is 12.8. The Morgan fingerprint density at radius 3 is 2.52 bits per heavy atom. The van der Waals surface area contributed by atoms with E-state index in [0.29, 0.717) is 6.54 Å². The minimum Gasteiger partial charge on any atom is -0.347 e. The highest BCUT2D eigenvalue weighted by Crippen LogP contribution is 2.36. The summed E-state index contributed by atoms with van der Waals surface area (Å²) in [5.74, 6) is -1.67. The van der Waals surface area contributed by atoms with Crippen molar-refractivity contribution in [3.63, 3.8) is 0 Å². The minimum absolute atomic E-state index is 0.0288. The summed E-state index contributed by atoms with van der Waals surface area (Å²) in [6.45, 7) is 7.10. The van der Waals surface area contributed by atoms with E-state index in [4.69, 9.17) is 0 Å². The maximum Gasteiger partial charge on any atom is 0.310 e. The van der Waals surface area contributed by atoms with Crippen LogP contribution in [0.15, 0.2) is 24.3 Å². The quantitative estimate of drug-likeness (QED) is 0.761. The number of rotatable bonds is 5. The molecule has 1 unspecified atom stereocenters. The van der Waals surface area contributed by atoms with Crippen LogP contribution in [0, 0.1) is 0 Å². The van der Waals surface area contributed by atoms with Gasteiger partial charge in [0.15, 0.2) is 0 Å². The SMILES string of the molecule is CC(C)N1C(=O)C(NC(=O)C(=O)NCCN2CCCCC2)c2ccccc21. The summed E-state index contributed by atoms with van der Waals surface area (Å²) in [4.78, 5) is 41.2. The summed E-state index contributed by atoms with van der Waals surface area (Å²) < 4.78 is 0. The van der Waals surface area contributed by atoms with E-state index in [-0.39, 0.29) is 11.9 Å². The molecule has 3 amide bonds. The molecule has 2 heterocycles. The Bertz CT molecular complexity index is 713. The number of nitrogens with zero attached hydrogens (tertiary/aromatic N) is 2. The van der Waals surface area contributed by atoms with Gasteiger partial charge in [-0.3, -0.25) is 14.4 Å². The zero-order valence-electron chi connectivity index (χ0n) is 16.0. The van der Waals surface area contributed by atoms with Gasteiger partial charge < -0.3 is 20.4 Å². The molecule has 1 aromatic carbocycles. The van der Waals surface area contributed by atoms with Crippen molar-refractivity contribution < 1.29 is 14.4 Å². The summed E-state index contributed by atoms with van der Waals surface area (Å²) in [5, 5.41) is 5.26. The third-order valence-corrected chi connectivity index (χ3v) is 5.15. The molecule has 1 fully saturated rings. The van der Waals surface area contributed by atoms with Crippen molar-refractivity contribution in [2.24, 2.45) is 0 Å². The van der Waals surface area contributed by atoms with Crippen LogP contribution in [-0.4, -0.2) is 54.8 Å². The fourth-order valence-electron chi connectivity index (χ4n) is 3.80. The molecule has 3 rings (SSSR count). The Kier molecular flexibility index (Phi) is 6.11. The number of hydrogen-bond acceptors (Lipinski definition) is 4. The van der Waals surface area contributed by atoms with Crippen LogP contribution in [-0.2, 0) is 14.4 Å². The number of amides is 3. The van der Waals surface area contributed by atoms with Crippen LogP contribution in [0.25, 0.3) is 0 Å². The first kappa shape index (κ1) is 19.4. The van der Waals surface area contributed by atoms with Gasteiger partial charge in [0, 0.05) is 30.4 Å². The fourth-order valence-corrected chi connectivity index (χ4v) is 3.80. The molecule has 2 aliphatic rings. The summed E-state index contributed by atoms with van der Waals surface area (Å²) >= 11 is 0. The van der Waals surface area contributed by atoms with Gasteiger partial charge in [-0.1, -0.05) is 24.6 Å². The van der Waals surface area contributed by atoms with Crippen molar-refractivity contribution in [3.8, 4) is 0 Å². The second kappa shape index (κ2) is 8.52. The van der Waals surface area contributed by atoms with Gasteiger partial charge in [-0.2, -0.15) is 0 Å². The minimum atomic E-state index is -0.816. The van der Waals surface area contributed by atoms with E-state index in [1.54, 1.807) is 4.90 Å². The highest BCUT2D eigenvalue weighted by Gasteiger charge is 2.39. The predicted molar refractivity (Wildman–Crippen MR) is 103 cm³/mol.